The van der Waals surface area contributed by atoms with Crippen molar-refractivity contribution < 1.29 is 14.3 Å². The fourth-order valence-corrected chi connectivity index (χ4v) is 3.77. The maximum Gasteiger partial charge on any atom is 0.239 e. The number of piperazine rings is 1. The second-order valence-corrected chi connectivity index (χ2v) is 7.08. The zero-order valence-corrected chi connectivity index (χ0v) is 14.0. The summed E-state index contributed by atoms with van der Waals surface area (Å²) in [5, 5.41) is 4.80. The van der Waals surface area contributed by atoms with Crippen molar-refractivity contribution in [2.45, 2.75) is 25.5 Å². The molecule has 1 N–H and O–H groups in total. The predicted octanol–water partition coefficient (Wildman–Crippen LogP) is 0.687. The molecule has 0 spiro atoms. The highest BCUT2D eigenvalue weighted by Crippen LogP contribution is 2.17. The third-order valence-electron chi connectivity index (χ3n) is 4.20. The molecule has 0 unspecified atom stereocenters. The fraction of sp³-hybridized carbons (Fsp3) is 0.625. The van der Waals surface area contributed by atoms with Crippen LogP contribution in [-0.4, -0.2) is 67.0 Å². The third-order valence-corrected chi connectivity index (χ3v) is 5.06. The van der Waals surface area contributed by atoms with Crippen molar-refractivity contribution in [1.82, 2.24) is 15.1 Å². The van der Waals surface area contributed by atoms with Crippen LogP contribution in [-0.2, 0) is 20.9 Å². The molecule has 2 aliphatic rings. The quantitative estimate of drug-likeness (QED) is 0.830. The zero-order valence-electron chi connectivity index (χ0n) is 13.2. The molecule has 2 aliphatic heterocycles. The molecule has 3 rings (SSSR count). The lowest BCUT2D eigenvalue weighted by Crippen LogP contribution is -2.52. The lowest BCUT2D eigenvalue weighted by Gasteiger charge is -2.30. The highest BCUT2D eigenvalue weighted by atomic mass is 32.1. The van der Waals surface area contributed by atoms with Gasteiger partial charge in [0.05, 0.1) is 19.2 Å². The van der Waals surface area contributed by atoms with E-state index in [9.17, 15) is 9.59 Å². The SMILES string of the molecule is O=C1CN(C(=O)CN(Cc2cccs2)C[C@@H]2CCCO2)CCN1. The average molecular weight is 337 g/mol. The van der Waals surface area contributed by atoms with Gasteiger partial charge >= 0.3 is 0 Å². The Hall–Kier alpha value is -1.44. The minimum atomic E-state index is -0.0754. The molecular formula is C16H23N3O3S. The van der Waals surface area contributed by atoms with Crippen LogP contribution in [0.3, 0.4) is 0 Å². The molecule has 6 nitrogen and oxygen atoms in total. The number of amides is 2. The molecule has 2 fully saturated rings. The molecule has 0 aromatic carbocycles. The molecule has 1 aromatic rings. The van der Waals surface area contributed by atoms with Gasteiger partial charge in [-0.05, 0) is 24.3 Å². The summed E-state index contributed by atoms with van der Waals surface area (Å²) in [5.41, 5.74) is 0. The maximum atomic E-state index is 12.5. The smallest absolute Gasteiger partial charge is 0.239 e. The van der Waals surface area contributed by atoms with Crippen LogP contribution in [0.4, 0.5) is 0 Å². The van der Waals surface area contributed by atoms with E-state index in [0.29, 0.717) is 19.6 Å². The minimum Gasteiger partial charge on any atom is -0.377 e. The predicted molar refractivity (Wildman–Crippen MR) is 88.2 cm³/mol. The molecule has 3 heterocycles. The standard InChI is InChI=1S/C16H23N3O3S/c20-15-11-19(6-5-17-15)16(21)12-18(9-13-3-1-7-22-13)10-14-4-2-8-23-14/h2,4,8,13H,1,3,5-7,9-12H2,(H,17,20)/t13-/m0/s1. The molecule has 2 amide bonds. The van der Waals surface area contributed by atoms with E-state index in [0.717, 1.165) is 32.5 Å². The van der Waals surface area contributed by atoms with Crippen molar-refractivity contribution in [3.05, 3.63) is 22.4 Å². The summed E-state index contributed by atoms with van der Waals surface area (Å²) in [6.45, 7) is 3.99. The summed E-state index contributed by atoms with van der Waals surface area (Å²) in [4.78, 5) is 29.0. The van der Waals surface area contributed by atoms with Crippen LogP contribution < -0.4 is 5.32 Å². The maximum absolute atomic E-state index is 12.5. The summed E-state index contributed by atoms with van der Waals surface area (Å²) in [7, 11) is 0. The van der Waals surface area contributed by atoms with Gasteiger partial charge in [-0.15, -0.1) is 11.3 Å². The molecule has 126 valence electrons. The van der Waals surface area contributed by atoms with Crippen molar-refractivity contribution >= 4 is 23.2 Å². The van der Waals surface area contributed by atoms with E-state index in [-0.39, 0.29) is 24.5 Å². The second-order valence-electron chi connectivity index (χ2n) is 6.05. The van der Waals surface area contributed by atoms with E-state index in [2.05, 4.69) is 21.7 Å². The van der Waals surface area contributed by atoms with E-state index in [1.54, 1.807) is 16.2 Å². The number of nitrogens with zero attached hydrogens (tertiary/aromatic N) is 2. The Morgan fingerprint density at radius 1 is 1.52 bits per heavy atom. The number of carbonyl (C=O) groups excluding carboxylic acids is 2. The number of ether oxygens (including phenoxy) is 1. The van der Waals surface area contributed by atoms with E-state index < -0.39 is 0 Å². The number of hydrogen-bond donors (Lipinski definition) is 1. The van der Waals surface area contributed by atoms with E-state index in [4.69, 9.17) is 4.74 Å². The van der Waals surface area contributed by atoms with Gasteiger partial charge in [-0.25, -0.2) is 0 Å². The Labute approximate surface area is 140 Å². The van der Waals surface area contributed by atoms with Gasteiger partial charge in [-0.2, -0.15) is 0 Å². The normalized spacial score (nSPS) is 21.7. The minimum absolute atomic E-state index is 0.0226. The average Bonchev–Trinajstić information content (AvgIpc) is 3.21. The number of carbonyl (C=O) groups is 2. The number of hydrogen-bond acceptors (Lipinski definition) is 5. The lowest BCUT2D eigenvalue weighted by atomic mass is 10.2. The Balaban J connectivity index is 1.59. The van der Waals surface area contributed by atoms with Crippen LogP contribution in [0.2, 0.25) is 0 Å². The molecule has 23 heavy (non-hydrogen) atoms. The number of thiophene rings is 1. The van der Waals surface area contributed by atoms with Crippen LogP contribution in [0.1, 0.15) is 17.7 Å². The monoisotopic (exact) mass is 337 g/mol. The van der Waals surface area contributed by atoms with Crippen molar-refractivity contribution in [2.24, 2.45) is 0 Å². The van der Waals surface area contributed by atoms with Gasteiger partial charge in [-0.1, -0.05) is 6.07 Å². The van der Waals surface area contributed by atoms with Crippen LogP contribution in [0.5, 0.6) is 0 Å². The molecule has 0 bridgehead atoms. The topological polar surface area (TPSA) is 61.9 Å². The summed E-state index contributed by atoms with van der Waals surface area (Å²) in [6, 6.07) is 4.12. The van der Waals surface area contributed by atoms with Crippen molar-refractivity contribution in [1.29, 1.82) is 0 Å². The van der Waals surface area contributed by atoms with Crippen LogP contribution in [0.25, 0.3) is 0 Å². The molecule has 0 saturated carbocycles. The van der Waals surface area contributed by atoms with Crippen LogP contribution in [0.15, 0.2) is 17.5 Å². The number of nitrogens with one attached hydrogen (secondary N) is 1. The zero-order chi connectivity index (χ0) is 16.1. The summed E-state index contributed by atoms with van der Waals surface area (Å²) < 4.78 is 5.72. The molecule has 0 aliphatic carbocycles. The highest BCUT2D eigenvalue weighted by Gasteiger charge is 2.25. The van der Waals surface area contributed by atoms with E-state index in [1.807, 2.05) is 6.07 Å². The van der Waals surface area contributed by atoms with Gasteiger partial charge in [0.25, 0.3) is 0 Å². The van der Waals surface area contributed by atoms with Crippen LogP contribution in [0, 0.1) is 0 Å². The Morgan fingerprint density at radius 2 is 2.43 bits per heavy atom. The van der Waals surface area contributed by atoms with Gasteiger partial charge in [-0.3, -0.25) is 14.5 Å². The van der Waals surface area contributed by atoms with Crippen molar-refractivity contribution in [3.8, 4) is 0 Å². The third kappa shape index (κ3) is 4.76. The van der Waals surface area contributed by atoms with Crippen molar-refractivity contribution in [2.75, 3.05) is 39.3 Å². The molecule has 1 atom stereocenters. The van der Waals surface area contributed by atoms with Crippen LogP contribution >= 0.6 is 11.3 Å². The first-order valence-electron chi connectivity index (χ1n) is 8.11. The van der Waals surface area contributed by atoms with E-state index in [1.165, 1.54) is 4.88 Å². The summed E-state index contributed by atoms with van der Waals surface area (Å²) in [5.74, 6) is -0.0528. The molecule has 2 saturated heterocycles. The Morgan fingerprint density at radius 3 is 3.13 bits per heavy atom. The molecular weight excluding hydrogens is 314 g/mol. The largest absolute Gasteiger partial charge is 0.377 e. The van der Waals surface area contributed by atoms with Gasteiger partial charge < -0.3 is 15.0 Å². The Kier molecular flexibility index (Phi) is 5.64. The number of rotatable bonds is 6. The molecule has 1 aromatic heterocycles. The highest BCUT2D eigenvalue weighted by molar-refractivity contribution is 7.09. The lowest BCUT2D eigenvalue weighted by molar-refractivity contribution is -0.139. The van der Waals surface area contributed by atoms with Crippen molar-refractivity contribution in [3.63, 3.8) is 0 Å². The Bertz CT molecular complexity index is 529. The van der Waals surface area contributed by atoms with Gasteiger partial charge in [0.1, 0.15) is 0 Å². The first-order chi connectivity index (χ1) is 11.2. The molecule has 0 radical (unpaired) electrons. The first-order valence-corrected chi connectivity index (χ1v) is 8.99. The van der Waals surface area contributed by atoms with Gasteiger partial charge in [0.2, 0.25) is 11.8 Å². The molecule has 7 heteroatoms. The van der Waals surface area contributed by atoms with Gasteiger partial charge in [0, 0.05) is 37.7 Å². The summed E-state index contributed by atoms with van der Waals surface area (Å²) >= 11 is 1.70. The van der Waals surface area contributed by atoms with E-state index >= 15 is 0 Å². The fourth-order valence-electron chi connectivity index (χ4n) is 3.03. The summed E-state index contributed by atoms with van der Waals surface area (Å²) in [6.07, 6.45) is 2.37. The first kappa shape index (κ1) is 16.4. The second kappa shape index (κ2) is 7.90. The van der Waals surface area contributed by atoms with Gasteiger partial charge in [0.15, 0.2) is 0 Å².